The molecule has 0 saturated carbocycles. The first-order valence-corrected chi connectivity index (χ1v) is 8.09. The Morgan fingerprint density at radius 3 is 2.35 bits per heavy atom. The minimum Gasteiger partial charge on any atom is -0.496 e. The van der Waals surface area contributed by atoms with Gasteiger partial charge in [-0.25, -0.2) is 0 Å². The highest BCUT2D eigenvalue weighted by atomic mass is 16.5. The summed E-state index contributed by atoms with van der Waals surface area (Å²) >= 11 is 0. The zero-order chi connectivity index (χ0) is 14.8. The molecule has 0 heterocycles. The Bertz CT molecular complexity index is 376. The van der Waals surface area contributed by atoms with Crippen LogP contribution in [-0.4, -0.2) is 7.11 Å². The van der Waals surface area contributed by atoms with Crippen LogP contribution in [0.15, 0.2) is 18.2 Å². The van der Waals surface area contributed by atoms with Crippen LogP contribution in [0.2, 0.25) is 0 Å². The molecule has 0 bridgehead atoms. The normalized spacial score (nSPS) is 12.4. The standard InChI is InChI=1S/C18H31NO/c1-4-5-6-7-8-9-10-11-17(19)16-14-15(2)12-13-18(16)20-3/h12-14,17H,4-11,19H2,1-3H3. The highest BCUT2D eigenvalue weighted by Gasteiger charge is 2.11. The molecule has 2 nitrogen and oxygen atoms in total. The number of aryl methyl sites for hydroxylation is 1. The molecule has 0 fully saturated rings. The van der Waals surface area contributed by atoms with Crippen LogP contribution in [0.3, 0.4) is 0 Å². The molecule has 0 saturated heterocycles. The second-order valence-electron chi connectivity index (χ2n) is 5.76. The van der Waals surface area contributed by atoms with Crippen molar-refractivity contribution in [1.82, 2.24) is 0 Å². The number of hydrogen-bond acceptors (Lipinski definition) is 2. The monoisotopic (exact) mass is 277 g/mol. The lowest BCUT2D eigenvalue weighted by atomic mass is 9.98. The number of rotatable bonds is 10. The molecule has 1 unspecified atom stereocenters. The molecular weight excluding hydrogens is 246 g/mol. The first-order chi connectivity index (χ1) is 9.69. The van der Waals surface area contributed by atoms with Crippen LogP contribution >= 0.6 is 0 Å². The summed E-state index contributed by atoms with van der Waals surface area (Å²) in [5, 5.41) is 0. The Hall–Kier alpha value is -1.02. The Balaban J connectivity index is 2.32. The third kappa shape index (κ3) is 5.96. The van der Waals surface area contributed by atoms with E-state index < -0.39 is 0 Å². The maximum Gasteiger partial charge on any atom is 0.123 e. The van der Waals surface area contributed by atoms with E-state index in [0.717, 1.165) is 17.7 Å². The lowest BCUT2D eigenvalue weighted by molar-refractivity contribution is 0.402. The van der Waals surface area contributed by atoms with Gasteiger partial charge in [0.2, 0.25) is 0 Å². The molecule has 0 aliphatic heterocycles. The number of hydrogen-bond donors (Lipinski definition) is 1. The molecular formula is C18H31NO. The van der Waals surface area contributed by atoms with Crippen molar-refractivity contribution < 1.29 is 4.74 Å². The van der Waals surface area contributed by atoms with E-state index >= 15 is 0 Å². The Morgan fingerprint density at radius 1 is 1.05 bits per heavy atom. The minimum atomic E-state index is 0.0977. The summed E-state index contributed by atoms with van der Waals surface area (Å²) in [5.74, 6) is 0.922. The quantitative estimate of drug-likeness (QED) is 0.601. The van der Waals surface area contributed by atoms with E-state index in [0.29, 0.717) is 0 Å². The van der Waals surface area contributed by atoms with Gasteiger partial charge in [0, 0.05) is 11.6 Å². The van der Waals surface area contributed by atoms with E-state index in [1.165, 1.54) is 50.5 Å². The van der Waals surface area contributed by atoms with E-state index in [2.05, 4.69) is 26.0 Å². The van der Waals surface area contributed by atoms with Crippen LogP contribution in [0.5, 0.6) is 5.75 Å². The Morgan fingerprint density at radius 2 is 1.70 bits per heavy atom. The zero-order valence-electron chi connectivity index (χ0n) is 13.5. The largest absolute Gasteiger partial charge is 0.496 e. The molecule has 0 aliphatic rings. The topological polar surface area (TPSA) is 35.2 Å². The summed E-state index contributed by atoms with van der Waals surface area (Å²) in [6.45, 7) is 4.36. The molecule has 2 heteroatoms. The molecule has 1 atom stereocenters. The van der Waals surface area contributed by atoms with Crippen molar-refractivity contribution in [3.8, 4) is 5.75 Å². The van der Waals surface area contributed by atoms with Gasteiger partial charge in [0.1, 0.15) is 5.75 Å². The Kier molecular flexibility index (Phi) is 8.36. The molecule has 0 aromatic heterocycles. The first kappa shape index (κ1) is 17.0. The van der Waals surface area contributed by atoms with Crippen molar-refractivity contribution in [3.05, 3.63) is 29.3 Å². The number of nitrogens with two attached hydrogens (primary N) is 1. The molecule has 20 heavy (non-hydrogen) atoms. The second-order valence-corrected chi connectivity index (χ2v) is 5.76. The minimum absolute atomic E-state index is 0.0977. The van der Waals surface area contributed by atoms with Crippen LogP contribution in [0, 0.1) is 6.92 Å². The summed E-state index contributed by atoms with van der Waals surface area (Å²) in [6, 6.07) is 6.35. The van der Waals surface area contributed by atoms with Gasteiger partial charge in [-0.2, -0.15) is 0 Å². The van der Waals surface area contributed by atoms with Gasteiger partial charge in [-0.05, 0) is 19.4 Å². The highest BCUT2D eigenvalue weighted by Crippen LogP contribution is 2.28. The fraction of sp³-hybridized carbons (Fsp3) is 0.667. The summed E-state index contributed by atoms with van der Waals surface area (Å²) in [4.78, 5) is 0. The van der Waals surface area contributed by atoms with Crippen LogP contribution in [0.25, 0.3) is 0 Å². The maximum atomic E-state index is 6.32. The molecule has 0 amide bonds. The number of methoxy groups -OCH3 is 1. The van der Waals surface area contributed by atoms with Crippen molar-refractivity contribution in [1.29, 1.82) is 0 Å². The summed E-state index contributed by atoms with van der Waals surface area (Å²) in [7, 11) is 1.72. The summed E-state index contributed by atoms with van der Waals surface area (Å²) in [6.07, 6.45) is 10.4. The molecule has 1 aromatic rings. The number of unbranched alkanes of at least 4 members (excludes halogenated alkanes) is 6. The molecule has 0 aliphatic carbocycles. The average Bonchev–Trinajstić information content (AvgIpc) is 2.46. The number of ether oxygens (including phenoxy) is 1. The first-order valence-electron chi connectivity index (χ1n) is 8.09. The molecule has 0 radical (unpaired) electrons. The zero-order valence-corrected chi connectivity index (χ0v) is 13.5. The molecule has 114 valence electrons. The van der Waals surface area contributed by atoms with E-state index in [4.69, 9.17) is 10.5 Å². The maximum absolute atomic E-state index is 6.32. The smallest absolute Gasteiger partial charge is 0.123 e. The van der Waals surface area contributed by atoms with Crippen LogP contribution in [-0.2, 0) is 0 Å². The molecule has 2 N–H and O–H groups in total. The fourth-order valence-electron chi connectivity index (χ4n) is 2.62. The summed E-state index contributed by atoms with van der Waals surface area (Å²) < 4.78 is 5.41. The summed E-state index contributed by atoms with van der Waals surface area (Å²) in [5.41, 5.74) is 8.72. The predicted molar refractivity (Wildman–Crippen MR) is 87.3 cm³/mol. The van der Waals surface area contributed by atoms with E-state index in [-0.39, 0.29) is 6.04 Å². The third-order valence-electron chi connectivity index (χ3n) is 3.90. The highest BCUT2D eigenvalue weighted by molar-refractivity contribution is 5.38. The van der Waals surface area contributed by atoms with Gasteiger partial charge in [-0.3, -0.25) is 0 Å². The van der Waals surface area contributed by atoms with Gasteiger partial charge in [-0.1, -0.05) is 69.6 Å². The van der Waals surface area contributed by atoms with Crippen molar-refractivity contribution in [3.63, 3.8) is 0 Å². The van der Waals surface area contributed by atoms with Gasteiger partial charge in [0.15, 0.2) is 0 Å². The van der Waals surface area contributed by atoms with Crippen molar-refractivity contribution >= 4 is 0 Å². The van der Waals surface area contributed by atoms with Gasteiger partial charge in [0.25, 0.3) is 0 Å². The van der Waals surface area contributed by atoms with Crippen LogP contribution in [0.1, 0.15) is 75.5 Å². The van der Waals surface area contributed by atoms with E-state index in [1.807, 2.05) is 6.07 Å². The van der Waals surface area contributed by atoms with Crippen molar-refractivity contribution in [2.45, 2.75) is 71.3 Å². The van der Waals surface area contributed by atoms with Crippen molar-refractivity contribution in [2.75, 3.05) is 7.11 Å². The Labute approximate surface area is 124 Å². The van der Waals surface area contributed by atoms with Gasteiger partial charge >= 0.3 is 0 Å². The SMILES string of the molecule is CCCCCCCCCC(N)c1cc(C)ccc1OC. The average molecular weight is 277 g/mol. The lowest BCUT2D eigenvalue weighted by Crippen LogP contribution is -2.11. The molecule has 1 aromatic carbocycles. The molecule has 1 rings (SSSR count). The van der Waals surface area contributed by atoms with E-state index in [9.17, 15) is 0 Å². The lowest BCUT2D eigenvalue weighted by Gasteiger charge is -2.16. The number of benzene rings is 1. The molecule has 0 spiro atoms. The van der Waals surface area contributed by atoms with Crippen LogP contribution < -0.4 is 10.5 Å². The third-order valence-corrected chi connectivity index (χ3v) is 3.90. The van der Waals surface area contributed by atoms with Crippen LogP contribution in [0.4, 0.5) is 0 Å². The second kappa shape index (κ2) is 9.82. The van der Waals surface area contributed by atoms with Crippen molar-refractivity contribution in [2.24, 2.45) is 5.73 Å². The predicted octanol–water partition coefficient (Wildman–Crippen LogP) is 5.14. The fourth-order valence-corrected chi connectivity index (χ4v) is 2.62. The van der Waals surface area contributed by atoms with Gasteiger partial charge in [0.05, 0.1) is 7.11 Å². The van der Waals surface area contributed by atoms with Gasteiger partial charge in [-0.15, -0.1) is 0 Å². The van der Waals surface area contributed by atoms with Gasteiger partial charge < -0.3 is 10.5 Å². The van der Waals surface area contributed by atoms with E-state index in [1.54, 1.807) is 7.11 Å².